The van der Waals surface area contributed by atoms with E-state index in [1.165, 1.54) is 10.4 Å². The van der Waals surface area contributed by atoms with Gasteiger partial charge in [-0.15, -0.1) is 11.3 Å². The maximum atomic E-state index is 5.67. The molecular formula is C16H21NO2S. The average molecular weight is 291 g/mol. The molecule has 2 rings (SSSR count). The maximum Gasteiger partial charge on any atom is 0.119 e. The van der Waals surface area contributed by atoms with Crippen LogP contribution in [-0.2, 0) is 6.54 Å². The topological polar surface area (TPSA) is 30.5 Å². The monoisotopic (exact) mass is 291 g/mol. The first-order valence-corrected chi connectivity index (χ1v) is 7.77. The molecule has 0 bridgehead atoms. The first-order valence-electron chi connectivity index (χ1n) is 6.89. The average Bonchev–Trinajstić information content (AvgIpc) is 2.86. The number of thiophene rings is 1. The van der Waals surface area contributed by atoms with Crippen molar-refractivity contribution in [3.8, 4) is 11.5 Å². The van der Waals surface area contributed by atoms with E-state index in [2.05, 4.69) is 23.7 Å². The number of rotatable bonds is 8. The summed E-state index contributed by atoms with van der Waals surface area (Å²) in [5.74, 6) is 1.76. The van der Waals surface area contributed by atoms with E-state index >= 15 is 0 Å². The minimum atomic E-state index is 0.665. The second kappa shape index (κ2) is 7.92. The van der Waals surface area contributed by atoms with Gasteiger partial charge < -0.3 is 14.8 Å². The number of benzene rings is 1. The van der Waals surface area contributed by atoms with E-state index in [0.717, 1.165) is 24.6 Å². The standard InChI is InChI=1S/C16H21NO2S/c1-3-18-14-4-6-15(7-5-14)19-10-9-17-12-16-13(2)8-11-20-16/h4-8,11,17H,3,9-10,12H2,1-2H3. The summed E-state index contributed by atoms with van der Waals surface area (Å²) >= 11 is 1.79. The summed E-state index contributed by atoms with van der Waals surface area (Å²) in [5, 5.41) is 5.52. The van der Waals surface area contributed by atoms with Crippen molar-refractivity contribution in [3.05, 3.63) is 46.2 Å². The van der Waals surface area contributed by atoms with Gasteiger partial charge in [-0.25, -0.2) is 0 Å². The number of hydrogen-bond donors (Lipinski definition) is 1. The summed E-state index contributed by atoms with van der Waals surface area (Å²) in [4.78, 5) is 1.39. The lowest BCUT2D eigenvalue weighted by Crippen LogP contribution is -2.20. The molecule has 0 fully saturated rings. The Morgan fingerprint density at radius 2 is 1.75 bits per heavy atom. The van der Waals surface area contributed by atoms with E-state index in [9.17, 15) is 0 Å². The number of nitrogens with one attached hydrogen (secondary N) is 1. The third-order valence-electron chi connectivity index (χ3n) is 2.94. The molecule has 0 atom stereocenters. The summed E-state index contributed by atoms with van der Waals surface area (Å²) in [5.41, 5.74) is 1.36. The molecule has 1 aromatic heterocycles. The van der Waals surface area contributed by atoms with Crippen LogP contribution in [0.3, 0.4) is 0 Å². The number of ether oxygens (including phenoxy) is 2. The van der Waals surface area contributed by atoms with Crippen LogP contribution in [0.5, 0.6) is 11.5 Å². The molecule has 3 nitrogen and oxygen atoms in total. The highest BCUT2D eigenvalue weighted by Crippen LogP contribution is 2.17. The fourth-order valence-electron chi connectivity index (χ4n) is 1.83. The van der Waals surface area contributed by atoms with Crippen molar-refractivity contribution in [2.24, 2.45) is 0 Å². The van der Waals surface area contributed by atoms with E-state index in [0.29, 0.717) is 13.2 Å². The second-order valence-electron chi connectivity index (χ2n) is 4.46. The quantitative estimate of drug-likeness (QED) is 0.753. The van der Waals surface area contributed by atoms with Crippen LogP contribution in [0.4, 0.5) is 0 Å². The molecule has 2 aromatic rings. The van der Waals surface area contributed by atoms with Gasteiger partial charge in [0.1, 0.15) is 18.1 Å². The molecule has 1 heterocycles. The van der Waals surface area contributed by atoms with Crippen LogP contribution < -0.4 is 14.8 Å². The van der Waals surface area contributed by atoms with Crippen LogP contribution >= 0.6 is 11.3 Å². The van der Waals surface area contributed by atoms with E-state index in [1.807, 2.05) is 31.2 Å². The zero-order chi connectivity index (χ0) is 14.2. The normalized spacial score (nSPS) is 10.5. The molecule has 0 radical (unpaired) electrons. The minimum absolute atomic E-state index is 0.665. The summed E-state index contributed by atoms with van der Waals surface area (Å²) < 4.78 is 11.1. The molecule has 0 saturated carbocycles. The van der Waals surface area contributed by atoms with E-state index in [1.54, 1.807) is 11.3 Å². The van der Waals surface area contributed by atoms with Gasteiger partial charge in [-0.1, -0.05) is 0 Å². The Hall–Kier alpha value is -1.52. The Morgan fingerprint density at radius 3 is 2.35 bits per heavy atom. The molecule has 0 aliphatic carbocycles. The first kappa shape index (κ1) is 14.9. The van der Waals surface area contributed by atoms with Crippen LogP contribution in [-0.4, -0.2) is 19.8 Å². The van der Waals surface area contributed by atoms with Gasteiger partial charge in [0, 0.05) is 18.0 Å². The molecule has 4 heteroatoms. The summed E-state index contributed by atoms with van der Waals surface area (Å²) in [7, 11) is 0. The Bertz CT molecular complexity index is 507. The predicted molar refractivity (Wildman–Crippen MR) is 83.9 cm³/mol. The molecule has 0 spiro atoms. The smallest absolute Gasteiger partial charge is 0.119 e. The number of hydrogen-bond acceptors (Lipinski definition) is 4. The van der Waals surface area contributed by atoms with Crippen molar-refractivity contribution in [1.29, 1.82) is 0 Å². The fraction of sp³-hybridized carbons (Fsp3) is 0.375. The van der Waals surface area contributed by atoms with Gasteiger partial charge in [-0.2, -0.15) is 0 Å². The molecule has 1 aromatic carbocycles. The van der Waals surface area contributed by atoms with E-state index in [4.69, 9.17) is 9.47 Å². The highest BCUT2D eigenvalue weighted by atomic mass is 32.1. The molecule has 0 saturated heterocycles. The maximum absolute atomic E-state index is 5.67. The van der Waals surface area contributed by atoms with E-state index < -0.39 is 0 Å². The fourth-order valence-corrected chi connectivity index (χ4v) is 2.70. The third kappa shape index (κ3) is 4.54. The first-order chi connectivity index (χ1) is 9.79. The lowest BCUT2D eigenvalue weighted by Gasteiger charge is -2.08. The van der Waals surface area contributed by atoms with Crippen molar-refractivity contribution in [1.82, 2.24) is 5.32 Å². The number of aryl methyl sites for hydroxylation is 1. The van der Waals surface area contributed by atoms with Gasteiger partial charge in [0.2, 0.25) is 0 Å². The summed E-state index contributed by atoms with van der Waals surface area (Å²) in [6.45, 7) is 7.22. The lowest BCUT2D eigenvalue weighted by molar-refractivity contribution is 0.311. The SMILES string of the molecule is CCOc1ccc(OCCNCc2sccc2C)cc1. The highest BCUT2D eigenvalue weighted by molar-refractivity contribution is 7.10. The third-order valence-corrected chi connectivity index (χ3v) is 3.96. The zero-order valence-corrected chi connectivity index (χ0v) is 12.8. The van der Waals surface area contributed by atoms with Crippen LogP contribution in [0, 0.1) is 6.92 Å². The zero-order valence-electron chi connectivity index (χ0n) is 12.0. The van der Waals surface area contributed by atoms with Gasteiger partial charge in [0.05, 0.1) is 6.61 Å². The molecule has 108 valence electrons. The van der Waals surface area contributed by atoms with Crippen LogP contribution in [0.2, 0.25) is 0 Å². The van der Waals surface area contributed by atoms with Crippen LogP contribution in [0.15, 0.2) is 35.7 Å². The van der Waals surface area contributed by atoms with Crippen LogP contribution in [0.25, 0.3) is 0 Å². The van der Waals surface area contributed by atoms with Gasteiger partial charge in [0.15, 0.2) is 0 Å². The van der Waals surface area contributed by atoms with Gasteiger partial charge in [-0.05, 0) is 55.1 Å². The Morgan fingerprint density at radius 1 is 1.05 bits per heavy atom. The highest BCUT2D eigenvalue weighted by Gasteiger charge is 1.99. The molecule has 1 N–H and O–H groups in total. The van der Waals surface area contributed by atoms with Crippen molar-refractivity contribution in [2.45, 2.75) is 20.4 Å². The molecule has 20 heavy (non-hydrogen) atoms. The Labute approximate surface area is 124 Å². The van der Waals surface area contributed by atoms with Crippen LogP contribution in [0.1, 0.15) is 17.4 Å². The van der Waals surface area contributed by atoms with Gasteiger partial charge in [-0.3, -0.25) is 0 Å². The van der Waals surface area contributed by atoms with Gasteiger partial charge in [0.25, 0.3) is 0 Å². The van der Waals surface area contributed by atoms with Gasteiger partial charge >= 0.3 is 0 Å². The predicted octanol–water partition coefficient (Wildman–Crippen LogP) is 3.62. The Balaban J connectivity index is 1.64. The summed E-state index contributed by atoms with van der Waals surface area (Å²) in [6.07, 6.45) is 0. The minimum Gasteiger partial charge on any atom is -0.494 e. The molecule has 0 aliphatic rings. The molecule has 0 amide bonds. The molecule has 0 aliphatic heterocycles. The van der Waals surface area contributed by atoms with E-state index in [-0.39, 0.29) is 0 Å². The second-order valence-corrected chi connectivity index (χ2v) is 5.46. The molecule has 0 unspecified atom stereocenters. The van der Waals surface area contributed by atoms with Crippen molar-refractivity contribution < 1.29 is 9.47 Å². The lowest BCUT2D eigenvalue weighted by atomic mass is 10.3. The van der Waals surface area contributed by atoms with Crippen molar-refractivity contribution >= 4 is 11.3 Å². The van der Waals surface area contributed by atoms with Crippen molar-refractivity contribution in [3.63, 3.8) is 0 Å². The Kier molecular flexibility index (Phi) is 5.89. The van der Waals surface area contributed by atoms with Crippen molar-refractivity contribution in [2.75, 3.05) is 19.8 Å². The summed E-state index contributed by atoms with van der Waals surface area (Å²) in [6, 6.07) is 9.89. The molecular weight excluding hydrogens is 270 g/mol. The largest absolute Gasteiger partial charge is 0.494 e.